The Morgan fingerprint density at radius 2 is 1.60 bits per heavy atom. The lowest BCUT2D eigenvalue weighted by atomic mass is 10.0. The van der Waals surface area contributed by atoms with Gasteiger partial charge in [0.2, 0.25) is 5.75 Å². The van der Waals surface area contributed by atoms with Gasteiger partial charge in [0.1, 0.15) is 17.2 Å². The van der Waals surface area contributed by atoms with Crippen LogP contribution >= 0.6 is 27.5 Å². The number of hydrogen-bond donors (Lipinski definition) is 2. The number of carbonyl (C=O) groups excluding carboxylic acids is 2. The molecule has 5 rings (SSSR count). The first-order valence-electron chi connectivity index (χ1n) is 13.4. The molecule has 5 aromatic rings. The zero-order valence-electron chi connectivity index (χ0n) is 24.6. The highest BCUT2D eigenvalue weighted by Crippen LogP contribution is 2.39. The van der Waals surface area contributed by atoms with Crippen molar-refractivity contribution in [3.8, 4) is 39.9 Å². The predicted molar refractivity (Wildman–Crippen MR) is 176 cm³/mol. The number of nitrogens with zero attached hydrogens (tertiary/aromatic N) is 1. The second-order valence-corrected chi connectivity index (χ2v) is 10.8. The van der Waals surface area contributed by atoms with E-state index in [2.05, 4.69) is 31.4 Å². The summed E-state index contributed by atoms with van der Waals surface area (Å²) in [6.07, 6.45) is 1.38. The maximum atomic E-state index is 13.5. The zero-order chi connectivity index (χ0) is 32.1. The number of aromatic amines is 1. The highest BCUT2D eigenvalue weighted by molar-refractivity contribution is 9.10. The smallest absolute Gasteiger partial charge is 0.343 e. The minimum absolute atomic E-state index is 0.172. The maximum absolute atomic E-state index is 13.5. The van der Waals surface area contributed by atoms with E-state index < -0.39 is 11.9 Å². The molecule has 1 amide bonds. The van der Waals surface area contributed by atoms with Gasteiger partial charge in [-0.05, 0) is 54.6 Å². The quantitative estimate of drug-likeness (QED) is 0.0684. The monoisotopic (exact) mass is 691 g/mol. The first kappa shape index (κ1) is 31.4. The van der Waals surface area contributed by atoms with Crippen LogP contribution in [0.15, 0.2) is 82.4 Å². The Hall–Kier alpha value is -5.00. The molecule has 0 radical (unpaired) electrons. The molecule has 0 bridgehead atoms. The lowest BCUT2D eigenvalue weighted by Crippen LogP contribution is -2.19. The molecular formula is C33H27BrClN3O7. The van der Waals surface area contributed by atoms with E-state index >= 15 is 0 Å². The summed E-state index contributed by atoms with van der Waals surface area (Å²) in [5, 5.41) is 5.40. The van der Waals surface area contributed by atoms with Gasteiger partial charge in [0.15, 0.2) is 11.5 Å². The van der Waals surface area contributed by atoms with Gasteiger partial charge in [-0.3, -0.25) is 4.79 Å². The first-order chi connectivity index (χ1) is 21.8. The fraction of sp³-hybridized carbons (Fsp3) is 0.121. The van der Waals surface area contributed by atoms with Crippen molar-refractivity contribution in [2.24, 2.45) is 5.10 Å². The van der Waals surface area contributed by atoms with Gasteiger partial charge in [0, 0.05) is 37.1 Å². The van der Waals surface area contributed by atoms with Crippen molar-refractivity contribution in [2.75, 3.05) is 28.4 Å². The number of nitrogens with one attached hydrogen (secondary N) is 2. The summed E-state index contributed by atoms with van der Waals surface area (Å²) in [6.45, 7) is 0. The van der Waals surface area contributed by atoms with Gasteiger partial charge in [-0.25, -0.2) is 10.2 Å². The number of carbonyl (C=O) groups is 2. The van der Waals surface area contributed by atoms with E-state index in [4.69, 9.17) is 35.3 Å². The van der Waals surface area contributed by atoms with Crippen LogP contribution < -0.4 is 29.1 Å². The number of hydrogen-bond acceptors (Lipinski definition) is 8. The van der Waals surface area contributed by atoms with Gasteiger partial charge in [-0.15, -0.1) is 0 Å². The Bertz CT molecular complexity index is 1910. The van der Waals surface area contributed by atoms with Crippen molar-refractivity contribution in [3.05, 3.63) is 99.1 Å². The van der Waals surface area contributed by atoms with E-state index in [1.54, 1.807) is 37.4 Å². The summed E-state index contributed by atoms with van der Waals surface area (Å²) in [7, 11) is 5.95. The standard InChI is InChI=1S/C33H27BrClN3O7/c1-41-21-10-11-25-23(16-21)29(22-7-5-6-8-24(22)35)30(37-25)32(39)38-36-17-19-13-20(34)9-12-26(19)45-33(40)18-14-27(42-2)31(44-4)28(15-18)43-3/h5-17,37H,1-4H3,(H,38,39). The third kappa shape index (κ3) is 6.59. The largest absolute Gasteiger partial charge is 0.497 e. The topological polar surface area (TPSA) is 120 Å². The number of rotatable bonds is 10. The molecular weight excluding hydrogens is 666 g/mol. The fourth-order valence-electron chi connectivity index (χ4n) is 4.70. The average molecular weight is 693 g/mol. The molecule has 0 atom stereocenters. The number of aromatic nitrogens is 1. The second-order valence-electron chi connectivity index (χ2n) is 9.45. The molecule has 0 saturated heterocycles. The van der Waals surface area contributed by atoms with E-state index in [0.29, 0.717) is 54.7 Å². The van der Waals surface area contributed by atoms with E-state index in [9.17, 15) is 9.59 Å². The molecule has 4 aromatic carbocycles. The second kappa shape index (κ2) is 13.7. The summed E-state index contributed by atoms with van der Waals surface area (Å²) >= 11 is 9.97. The molecule has 0 aliphatic heterocycles. The van der Waals surface area contributed by atoms with Gasteiger partial charge in [0.05, 0.1) is 40.2 Å². The number of halogens is 2. The summed E-state index contributed by atoms with van der Waals surface area (Å²) in [5.41, 5.74) is 5.39. The minimum Gasteiger partial charge on any atom is -0.497 e. The highest BCUT2D eigenvalue weighted by Gasteiger charge is 2.22. The van der Waals surface area contributed by atoms with E-state index in [1.807, 2.05) is 30.3 Å². The van der Waals surface area contributed by atoms with Crippen LogP contribution in [-0.2, 0) is 0 Å². The van der Waals surface area contributed by atoms with Gasteiger partial charge in [-0.2, -0.15) is 5.10 Å². The molecule has 0 aliphatic rings. The van der Waals surface area contributed by atoms with Crippen molar-refractivity contribution in [1.29, 1.82) is 0 Å². The van der Waals surface area contributed by atoms with E-state index in [1.165, 1.54) is 39.7 Å². The molecule has 0 unspecified atom stereocenters. The van der Waals surface area contributed by atoms with Crippen LogP contribution in [0.25, 0.3) is 22.0 Å². The van der Waals surface area contributed by atoms with Crippen LogP contribution in [0.2, 0.25) is 5.02 Å². The Balaban J connectivity index is 1.43. The molecule has 230 valence electrons. The van der Waals surface area contributed by atoms with E-state index in [0.717, 1.165) is 5.39 Å². The Kier molecular flexibility index (Phi) is 9.60. The molecule has 0 fully saturated rings. The summed E-state index contributed by atoms with van der Waals surface area (Å²) < 4.78 is 27.8. The summed E-state index contributed by atoms with van der Waals surface area (Å²) in [4.78, 5) is 29.8. The molecule has 0 spiro atoms. The van der Waals surface area contributed by atoms with Crippen LogP contribution in [0.4, 0.5) is 0 Å². The van der Waals surface area contributed by atoms with Gasteiger partial charge in [0.25, 0.3) is 5.91 Å². The normalized spacial score (nSPS) is 11.0. The molecule has 0 saturated carbocycles. The van der Waals surface area contributed by atoms with Crippen LogP contribution in [0.5, 0.6) is 28.7 Å². The molecule has 0 aliphatic carbocycles. The zero-order valence-corrected chi connectivity index (χ0v) is 26.9. The van der Waals surface area contributed by atoms with E-state index in [-0.39, 0.29) is 17.0 Å². The van der Waals surface area contributed by atoms with Gasteiger partial charge >= 0.3 is 5.97 Å². The summed E-state index contributed by atoms with van der Waals surface area (Å²) in [6, 6.07) is 20.7. The summed E-state index contributed by atoms with van der Waals surface area (Å²) in [5.74, 6) is 0.588. The number of methoxy groups -OCH3 is 4. The highest BCUT2D eigenvalue weighted by atomic mass is 79.9. The number of hydrazone groups is 1. The van der Waals surface area contributed by atoms with Crippen molar-refractivity contribution >= 4 is 56.5 Å². The van der Waals surface area contributed by atoms with Crippen molar-refractivity contribution in [1.82, 2.24) is 10.4 Å². The number of H-pyrrole nitrogens is 1. The maximum Gasteiger partial charge on any atom is 0.343 e. The third-order valence-electron chi connectivity index (χ3n) is 6.82. The Morgan fingerprint density at radius 3 is 2.27 bits per heavy atom. The number of esters is 1. The van der Waals surface area contributed by atoms with Crippen LogP contribution in [0, 0.1) is 0 Å². The number of benzene rings is 4. The minimum atomic E-state index is -0.673. The van der Waals surface area contributed by atoms with Crippen molar-refractivity contribution in [3.63, 3.8) is 0 Å². The molecule has 10 nitrogen and oxygen atoms in total. The SMILES string of the molecule is COc1ccc2[nH]c(C(=O)NN=Cc3cc(Br)ccc3OC(=O)c3cc(OC)c(OC)c(OC)c3)c(-c3ccccc3Cl)c2c1. The lowest BCUT2D eigenvalue weighted by molar-refractivity contribution is 0.0733. The Labute approximate surface area is 272 Å². The number of amides is 1. The van der Waals surface area contributed by atoms with Crippen molar-refractivity contribution < 1.29 is 33.3 Å². The molecule has 45 heavy (non-hydrogen) atoms. The van der Waals surface area contributed by atoms with Crippen molar-refractivity contribution in [2.45, 2.75) is 0 Å². The molecule has 1 aromatic heterocycles. The molecule has 12 heteroatoms. The Morgan fingerprint density at radius 1 is 0.867 bits per heavy atom. The predicted octanol–water partition coefficient (Wildman–Crippen LogP) is 7.27. The third-order valence-corrected chi connectivity index (χ3v) is 7.64. The van der Waals surface area contributed by atoms with Gasteiger partial charge in [-0.1, -0.05) is 45.7 Å². The first-order valence-corrected chi connectivity index (χ1v) is 14.5. The number of fused-ring (bicyclic) bond motifs is 1. The molecule has 2 N–H and O–H groups in total. The fourth-order valence-corrected chi connectivity index (χ4v) is 5.31. The average Bonchev–Trinajstić information content (AvgIpc) is 3.43. The van der Waals surface area contributed by atoms with Crippen LogP contribution in [0.1, 0.15) is 26.4 Å². The lowest BCUT2D eigenvalue weighted by Gasteiger charge is -2.14. The van der Waals surface area contributed by atoms with Crippen LogP contribution in [-0.4, -0.2) is 51.5 Å². The van der Waals surface area contributed by atoms with Crippen LogP contribution in [0.3, 0.4) is 0 Å². The number of ether oxygens (including phenoxy) is 5. The molecule has 1 heterocycles. The van der Waals surface area contributed by atoms with Gasteiger partial charge < -0.3 is 28.7 Å².